The van der Waals surface area contributed by atoms with Gasteiger partial charge < -0.3 is 10.1 Å². The van der Waals surface area contributed by atoms with E-state index < -0.39 is 0 Å². The van der Waals surface area contributed by atoms with Gasteiger partial charge in [-0.25, -0.2) is 4.98 Å². The van der Waals surface area contributed by atoms with Crippen molar-refractivity contribution in [3.8, 4) is 17.0 Å². The number of aromatic nitrogens is 1. The van der Waals surface area contributed by atoms with Gasteiger partial charge in [0, 0.05) is 31.1 Å². The summed E-state index contributed by atoms with van der Waals surface area (Å²) in [5.74, 6) is 0.628. The molecule has 0 radical (unpaired) electrons. The number of methoxy groups -OCH3 is 1. The lowest BCUT2D eigenvalue weighted by molar-refractivity contribution is -0.114. The van der Waals surface area contributed by atoms with Crippen LogP contribution < -0.4 is 10.1 Å². The molecule has 0 bridgehead atoms. The van der Waals surface area contributed by atoms with Crippen LogP contribution in [-0.4, -0.2) is 18.0 Å². The molecule has 3 rings (SSSR count). The van der Waals surface area contributed by atoms with E-state index in [1.807, 2.05) is 54.6 Å². The number of nitrogens with zero attached hydrogens (tertiary/aromatic N) is 1. The lowest BCUT2D eigenvalue weighted by atomic mass is 10.1. The van der Waals surface area contributed by atoms with Crippen molar-refractivity contribution >= 4 is 22.5 Å². The molecule has 3 aromatic rings. The van der Waals surface area contributed by atoms with Gasteiger partial charge in [-0.15, -0.1) is 0 Å². The second-order valence-electron chi connectivity index (χ2n) is 4.99. The molecule has 1 aromatic heterocycles. The van der Waals surface area contributed by atoms with Gasteiger partial charge in [0.1, 0.15) is 5.75 Å². The maximum Gasteiger partial charge on any atom is 0.221 e. The van der Waals surface area contributed by atoms with Crippen molar-refractivity contribution in [3.05, 3.63) is 54.6 Å². The smallest absolute Gasteiger partial charge is 0.221 e. The first kappa shape index (κ1) is 14.1. The molecule has 22 heavy (non-hydrogen) atoms. The van der Waals surface area contributed by atoms with E-state index in [0.717, 1.165) is 33.6 Å². The number of ether oxygens (including phenoxy) is 1. The molecule has 0 saturated carbocycles. The molecule has 1 amide bonds. The third-order valence-electron chi connectivity index (χ3n) is 3.38. The molecule has 4 heteroatoms. The summed E-state index contributed by atoms with van der Waals surface area (Å²) in [7, 11) is 1.63. The fourth-order valence-corrected chi connectivity index (χ4v) is 2.40. The van der Waals surface area contributed by atoms with Crippen molar-refractivity contribution in [1.29, 1.82) is 0 Å². The molecular weight excluding hydrogens is 276 g/mol. The van der Waals surface area contributed by atoms with Crippen molar-refractivity contribution in [1.82, 2.24) is 4.98 Å². The standard InChI is InChI=1S/C18H16N2O2.H2/c1-12(21)19-14-8-9-16-15(10-14)18(22-2)11-17(20-16)13-6-4-3-5-7-13;/h3-11H,1-2H3,(H,19,21);1H. The average molecular weight is 294 g/mol. The van der Waals surface area contributed by atoms with Crippen LogP contribution in [0.3, 0.4) is 0 Å². The van der Waals surface area contributed by atoms with Gasteiger partial charge >= 0.3 is 0 Å². The highest BCUT2D eigenvalue weighted by Gasteiger charge is 2.09. The number of amides is 1. The minimum atomic E-state index is -0.104. The van der Waals surface area contributed by atoms with E-state index in [0.29, 0.717) is 0 Å². The minimum Gasteiger partial charge on any atom is -0.496 e. The van der Waals surface area contributed by atoms with Crippen molar-refractivity contribution in [2.45, 2.75) is 6.92 Å². The van der Waals surface area contributed by atoms with Crippen LogP contribution in [-0.2, 0) is 4.79 Å². The molecule has 112 valence electrons. The fraction of sp³-hybridized carbons (Fsp3) is 0.111. The Labute approximate surface area is 130 Å². The van der Waals surface area contributed by atoms with Crippen LogP contribution in [0.5, 0.6) is 5.75 Å². The Morgan fingerprint density at radius 3 is 2.59 bits per heavy atom. The van der Waals surface area contributed by atoms with Gasteiger partial charge in [-0.2, -0.15) is 0 Å². The first-order valence-electron chi connectivity index (χ1n) is 6.99. The lowest BCUT2D eigenvalue weighted by Gasteiger charge is -2.10. The monoisotopic (exact) mass is 294 g/mol. The van der Waals surface area contributed by atoms with Crippen LogP contribution in [0.2, 0.25) is 0 Å². The summed E-state index contributed by atoms with van der Waals surface area (Å²) < 4.78 is 5.50. The van der Waals surface area contributed by atoms with Crippen molar-refractivity contribution < 1.29 is 11.0 Å². The van der Waals surface area contributed by atoms with E-state index in [-0.39, 0.29) is 7.33 Å². The zero-order chi connectivity index (χ0) is 15.5. The summed E-state index contributed by atoms with van der Waals surface area (Å²) >= 11 is 0. The Bertz CT molecular complexity index is 835. The second-order valence-corrected chi connectivity index (χ2v) is 4.99. The third kappa shape index (κ3) is 2.76. The number of carbonyl (C=O) groups is 1. The highest BCUT2D eigenvalue weighted by atomic mass is 16.5. The SMILES string of the molecule is COc1cc(-c2ccccc2)nc2ccc(NC(C)=O)cc12.[HH]. The van der Waals surface area contributed by atoms with Crippen LogP contribution in [0, 0.1) is 0 Å². The molecule has 0 saturated heterocycles. The Kier molecular flexibility index (Phi) is 3.74. The number of rotatable bonds is 3. The summed E-state index contributed by atoms with van der Waals surface area (Å²) in [5, 5.41) is 3.64. The number of anilines is 1. The predicted molar refractivity (Wildman–Crippen MR) is 90.1 cm³/mol. The fourth-order valence-electron chi connectivity index (χ4n) is 2.40. The normalized spacial score (nSPS) is 10.5. The molecule has 4 nitrogen and oxygen atoms in total. The molecule has 2 aromatic carbocycles. The van der Waals surface area contributed by atoms with Crippen molar-refractivity contribution in [2.75, 3.05) is 12.4 Å². The first-order chi connectivity index (χ1) is 10.7. The number of benzene rings is 2. The van der Waals surface area contributed by atoms with E-state index in [2.05, 4.69) is 10.3 Å². The zero-order valence-electron chi connectivity index (χ0n) is 12.5. The Morgan fingerprint density at radius 2 is 1.91 bits per heavy atom. The predicted octanol–water partition coefficient (Wildman–Crippen LogP) is 4.11. The molecule has 0 fully saturated rings. The summed E-state index contributed by atoms with van der Waals surface area (Å²) in [6.07, 6.45) is 0. The molecule has 1 N–H and O–H groups in total. The van der Waals surface area contributed by atoms with Gasteiger partial charge in [0.05, 0.1) is 18.3 Å². The zero-order valence-corrected chi connectivity index (χ0v) is 12.5. The molecule has 0 aliphatic heterocycles. The van der Waals surface area contributed by atoms with Gasteiger partial charge in [0.25, 0.3) is 0 Å². The Balaban J connectivity index is 0.00000192. The van der Waals surface area contributed by atoms with Crippen LogP contribution in [0.1, 0.15) is 8.35 Å². The first-order valence-corrected chi connectivity index (χ1v) is 6.99. The average Bonchev–Trinajstić information content (AvgIpc) is 2.54. The topological polar surface area (TPSA) is 51.2 Å². The molecule has 0 aliphatic rings. The van der Waals surface area contributed by atoms with Gasteiger partial charge in [0.2, 0.25) is 5.91 Å². The number of fused-ring (bicyclic) bond motifs is 1. The van der Waals surface area contributed by atoms with Gasteiger partial charge in [-0.05, 0) is 18.2 Å². The molecule has 0 unspecified atom stereocenters. The van der Waals surface area contributed by atoms with E-state index in [4.69, 9.17) is 4.74 Å². The van der Waals surface area contributed by atoms with E-state index in [9.17, 15) is 4.79 Å². The summed E-state index contributed by atoms with van der Waals surface area (Å²) in [6, 6.07) is 17.5. The number of carbonyl (C=O) groups excluding carboxylic acids is 1. The van der Waals surface area contributed by atoms with E-state index in [1.165, 1.54) is 6.92 Å². The Morgan fingerprint density at radius 1 is 1.14 bits per heavy atom. The third-order valence-corrected chi connectivity index (χ3v) is 3.38. The highest BCUT2D eigenvalue weighted by molar-refractivity contribution is 5.95. The molecule has 0 atom stereocenters. The van der Waals surface area contributed by atoms with Gasteiger partial charge in [-0.1, -0.05) is 30.3 Å². The maximum atomic E-state index is 11.2. The molecule has 1 heterocycles. The van der Waals surface area contributed by atoms with Gasteiger partial charge in [0.15, 0.2) is 0 Å². The summed E-state index contributed by atoms with van der Waals surface area (Å²) in [6.45, 7) is 1.48. The van der Waals surface area contributed by atoms with Crippen LogP contribution in [0.25, 0.3) is 22.2 Å². The largest absolute Gasteiger partial charge is 0.496 e. The van der Waals surface area contributed by atoms with Crippen LogP contribution in [0.4, 0.5) is 5.69 Å². The number of hydrogen-bond donors (Lipinski definition) is 1. The van der Waals surface area contributed by atoms with Crippen molar-refractivity contribution in [2.24, 2.45) is 0 Å². The molecule has 0 spiro atoms. The quantitative estimate of drug-likeness (QED) is 0.790. The number of pyridine rings is 1. The lowest BCUT2D eigenvalue weighted by Crippen LogP contribution is -2.05. The van der Waals surface area contributed by atoms with Gasteiger partial charge in [-0.3, -0.25) is 4.79 Å². The molecular formula is C18H18N2O2. The number of hydrogen-bond acceptors (Lipinski definition) is 3. The Hall–Kier alpha value is -2.88. The van der Waals surface area contributed by atoms with Crippen LogP contribution >= 0.6 is 0 Å². The second kappa shape index (κ2) is 5.85. The van der Waals surface area contributed by atoms with Crippen LogP contribution in [0.15, 0.2) is 54.6 Å². The maximum absolute atomic E-state index is 11.2. The number of nitrogens with one attached hydrogen (secondary N) is 1. The minimum absolute atomic E-state index is 0. The summed E-state index contributed by atoms with van der Waals surface area (Å²) in [4.78, 5) is 15.9. The molecule has 0 aliphatic carbocycles. The van der Waals surface area contributed by atoms with E-state index >= 15 is 0 Å². The highest BCUT2D eigenvalue weighted by Crippen LogP contribution is 2.31. The summed E-state index contributed by atoms with van der Waals surface area (Å²) in [5.41, 5.74) is 3.45. The van der Waals surface area contributed by atoms with Crippen molar-refractivity contribution in [3.63, 3.8) is 0 Å². The van der Waals surface area contributed by atoms with E-state index in [1.54, 1.807) is 7.11 Å².